The van der Waals surface area contributed by atoms with Crippen LogP contribution < -0.4 is 20.3 Å². The van der Waals surface area contributed by atoms with Crippen molar-refractivity contribution in [3.8, 4) is 5.75 Å². The van der Waals surface area contributed by atoms with E-state index in [4.69, 9.17) is 10.5 Å². The number of carbonyl (C=O) groups is 1. The van der Waals surface area contributed by atoms with Gasteiger partial charge in [-0.25, -0.2) is 8.42 Å². The zero-order valence-electron chi connectivity index (χ0n) is 17.4. The van der Waals surface area contributed by atoms with Crippen LogP contribution in [-0.2, 0) is 10.0 Å². The highest BCUT2D eigenvalue weighted by Crippen LogP contribution is 2.26. The second-order valence-corrected chi connectivity index (χ2v) is 9.50. The van der Waals surface area contributed by atoms with Crippen molar-refractivity contribution in [2.75, 3.05) is 56.2 Å². The number of nitrogens with two attached hydrogens (primary N) is 1. The lowest BCUT2D eigenvalue weighted by atomic mass is 10.2. The Labute approximate surface area is 181 Å². The molecule has 0 radical (unpaired) electrons. The van der Waals surface area contributed by atoms with Crippen LogP contribution in [0.25, 0.3) is 0 Å². The van der Waals surface area contributed by atoms with Gasteiger partial charge in [0, 0.05) is 39.3 Å². The summed E-state index contributed by atoms with van der Waals surface area (Å²) < 4.78 is 32.7. The average molecular weight is 447 g/mol. The van der Waals surface area contributed by atoms with Gasteiger partial charge in [0.25, 0.3) is 5.91 Å². The van der Waals surface area contributed by atoms with E-state index in [1.54, 1.807) is 0 Å². The quantitative estimate of drug-likeness (QED) is 0.688. The number of anilines is 2. The van der Waals surface area contributed by atoms with Crippen LogP contribution in [0.3, 0.4) is 0 Å². The van der Waals surface area contributed by atoms with Crippen LogP contribution in [0.2, 0.25) is 0 Å². The third-order valence-corrected chi connectivity index (χ3v) is 7.60. The maximum atomic E-state index is 13.1. The summed E-state index contributed by atoms with van der Waals surface area (Å²) in [6.45, 7) is 3.61. The molecule has 0 unspecified atom stereocenters. The highest BCUT2D eigenvalue weighted by atomic mass is 32.2. The van der Waals surface area contributed by atoms with Crippen LogP contribution in [0.4, 0.5) is 11.6 Å². The van der Waals surface area contributed by atoms with Crippen LogP contribution in [0.15, 0.2) is 35.2 Å². The zero-order valence-corrected chi connectivity index (χ0v) is 18.2. The van der Waals surface area contributed by atoms with Gasteiger partial charge in [-0.1, -0.05) is 0 Å². The molecule has 2 saturated heterocycles. The minimum Gasteiger partial charge on any atom is -0.496 e. The van der Waals surface area contributed by atoms with E-state index in [0.717, 1.165) is 24.7 Å². The maximum Gasteiger partial charge on any atom is 0.252 e. The summed E-state index contributed by atoms with van der Waals surface area (Å²) in [6, 6.07) is 8.05. The Kier molecular flexibility index (Phi) is 5.96. The standard InChI is InChI=1S/C20H26N6O4S/c1-30-17-5-4-15(14-16(17)20(21)27)31(28,29)26-12-10-25(11-13-26)19-7-6-18(22-23-19)24-8-2-3-9-24/h4-7,14H,2-3,8-13H2,1H3,(H2,21,27). The Balaban J connectivity index is 1.44. The first kappa shape index (κ1) is 21.3. The summed E-state index contributed by atoms with van der Waals surface area (Å²) >= 11 is 0. The molecule has 2 N–H and O–H groups in total. The number of nitrogens with zero attached hydrogens (tertiary/aromatic N) is 5. The van der Waals surface area contributed by atoms with Gasteiger partial charge < -0.3 is 20.3 Å². The molecule has 1 amide bonds. The van der Waals surface area contributed by atoms with Gasteiger partial charge in [0.05, 0.1) is 17.6 Å². The Bertz CT molecular complexity index is 1050. The van der Waals surface area contributed by atoms with Crippen molar-refractivity contribution in [1.29, 1.82) is 0 Å². The molecule has 0 aliphatic carbocycles. The molecule has 10 nitrogen and oxygen atoms in total. The Morgan fingerprint density at radius 2 is 1.52 bits per heavy atom. The molecule has 2 aliphatic rings. The first-order valence-electron chi connectivity index (χ1n) is 10.2. The highest BCUT2D eigenvalue weighted by molar-refractivity contribution is 7.89. The highest BCUT2D eigenvalue weighted by Gasteiger charge is 2.30. The molecule has 0 saturated carbocycles. The third kappa shape index (κ3) is 4.28. The lowest BCUT2D eigenvalue weighted by Crippen LogP contribution is -2.49. The SMILES string of the molecule is COc1ccc(S(=O)(=O)N2CCN(c3ccc(N4CCCC4)nn3)CC2)cc1C(N)=O. The van der Waals surface area contributed by atoms with Crippen LogP contribution in [0.1, 0.15) is 23.2 Å². The number of piperazine rings is 1. The number of sulfonamides is 1. The number of methoxy groups -OCH3 is 1. The molecular formula is C20H26N6O4S. The number of aromatic nitrogens is 2. The molecule has 166 valence electrons. The monoisotopic (exact) mass is 446 g/mol. The van der Waals surface area contributed by atoms with Crippen LogP contribution in [0, 0.1) is 0 Å². The second-order valence-electron chi connectivity index (χ2n) is 7.56. The number of benzene rings is 1. The van der Waals surface area contributed by atoms with Crippen molar-refractivity contribution < 1.29 is 17.9 Å². The first-order chi connectivity index (χ1) is 14.9. The van der Waals surface area contributed by atoms with Gasteiger partial charge in [-0.2, -0.15) is 4.31 Å². The maximum absolute atomic E-state index is 13.1. The fraction of sp³-hybridized carbons (Fsp3) is 0.450. The molecule has 0 spiro atoms. The molecule has 2 aliphatic heterocycles. The summed E-state index contributed by atoms with van der Waals surface area (Å²) in [5.74, 6) is 1.12. The van der Waals surface area contributed by atoms with Crippen molar-refractivity contribution in [3.63, 3.8) is 0 Å². The summed E-state index contributed by atoms with van der Waals surface area (Å²) in [7, 11) is -2.37. The number of rotatable bonds is 6. The normalized spacial score (nSPS) is 17.7. The molecule has 1 aromatic carbocycles. The van der Waals surface area contributed by atoms with E-state index in [-0.39, 0.29) is 16.2 Å². The van der Waals surface area contributed by atoms with Gasteiger partial charge in [-0.15, -0.1) is 10.2 Å². The molecule has 3 heterocycles. The van der Waals surface area contributed by atoms with Crippen molar-refractivity contribution in [2.45, 2.75) is 17.7 Å². The summed E-state index contributed by atoms with van der Waals surface area (Å²) in [5, 5.41) is 8.68. The second kappa shape index (κ2) is 8.67. The van der Waals surface area contributed by atoms with Crippen molar-refractivity contribution in [1.82, 2.24) is 14.5 Å². The number of hydrogen-bond acceptors (Lipinski definition) is 8. The Hall–Kier alpha value is -2.92. The van der Waals surface area contributed by atoms with Gasteiger partial charge in [0.1, 0.15) is 5.75 Å². The largest absolute Gasteiger partial charge is 0.496 e. The summed E-state index contributed by atoms with van der Waals surface area (Å²) in [4.78, 5) is 15.9. The molecule has 1 aromatic heterocycles. The molecular weight excluding hydrogens is 420 g/mol. The Morgan fingerprint density at radius 1 is 0.935 bits per heavy atom. The first-order valence-corrected chi connectivity index (χ1v) is 11.7. The van der Waals surface area contributed by atoms with E-state index in [1.807, 2.05) is 17.0 Å². The third-order valence-electron chi connectivity index (χ3n) is 5.70. The predicted molar refractivity (Wildman–Crippen MR) is 116 cm³/mol. The number of hydrogen-bond donors (Lipinski definition) is 1. The van der Waals surface area contributed by atoms with Gasteiger partial charge in [-0.05, 0) is 43.2 Å². The smallest absolute Gasteiger partial charge is 0.252 e. The van der Waals surface area contributed by atoms with Crippen molar-refractivity contribution >= 4 is 27.6 Å². The minimum atomic E-state index is -3.77. The molecule has 4 rings (SSSR count). The minimum absolute atomic E-state index is 0.0188. The number of amides is 1. The Morgan fingerprint density at radius 3 is 2.03 bits per heavy atom. The van der Waals surface area contributed by atoms with E-state index in [0.29, 0.717) is 26.2 Å². The number of ether oxygens (including phenoxy) is 1. The summed E-state index contributed by atoms with van der Waals surface area (Å²) in [6.07, 6.45) is 2.35. The van der Waals surface area contributed by atoms with Gasteiger partial charge in [0.2, 0.25) is 10.0 Å². The fourth-order valence-corrected chi connectivity index (χ4v) is 5.40. The van der Waals surface area contributed by atoms with E-state index in [9.17, 15) is 13.2 Å². The number of primary amides is 1. The van der Waals surface area contributed by atoms with Crippen LogP contribution in [-0.4, -0.2) is 75.2 Å². The fourth-order valence-electron chi connectivity index (χ4n) is 3.95. The molecule has 0 atom stereocenters. The molecule has 31 heavy (non-hydrogen) atoms. The van der Waals surface area contributed by atoms with E-state index in [2.05, 4.69) is 15.1 Å². The molecule has 2 aromatic rings. The lowest BCUT2D eigenvalue weighted by Gasteiger charge is -2.34. The van der Waals surface area contributed by atoms with E-state index in [1.165, 1.54) is 42.5 Å². The number of carbonyl (C=O) groups excluding carboxylic acids is 1. The lowest BCUT2D eigenvalue weighted by molar-refractivity contribution is 0.0997. The zero-order chi connectivity index (χ0) is 22.0. The average Bonchev–Trinajstić information content (AvgIpc) is 3.34. The van der Waals surface area contributed by atoms with Crippen molar-refractivity contribution in [3.05, 3.63) is 35.9 Å². The summed E-state index contributed by atoms with van der Waals surface area (Å²) in [5.41, 5.74) is 5.40. The van der Waals surface area contributed by atoms with Crippen molar-refractivity contribution in [2.24, 2.45) is 5.73 Å². The van der Waals surface area contributed by atoms with Gasteiger partial charge in [0.15, 0.2) is 11.6 Å². The van der Waals surface area contributed by atoms with Crippen LogP contribution >= 0.6 is 0 Å². The van der Waals surface area contributed by atoms with Gasteiger partial charge in [-0.3, -0.25) is 4.79 Å². The topological polar surface area (TPSA) is 122 Å². The molecule has 11 heteroatoms. The van der Waals surface area contributed by atoms with E-state index < -0.39 is 15.9 Å². The van der Waals surface area contributed by atoms with Crippen LogP contribution in [0.5, 0.6) is 5.75 Å². The predicted octanol–water partition coefficient (Wildman–Crippen LogP) is 0.695. The van der Waals surface area contributed by atoms with E-state index >= 15 is 0 Å². The molecule has 2 fully saturated rings. The van der Waals surface area contributed by atoms with Gasteiger partial charge >= 0.3 is 0 Å². The molecule has 0 bridgehead atoms.